The Morgan fingerprint density at radius 2 is 1.95 bits per heavy atom. The Kier molecular flexibility index (Phi) is 4.80. The number of thiophene rings is 1. The monoisotopic (exact) mass is 310 g/mol. The Morgan fingerprint density at radius 1 is 1.20 bits per heavy atom. The molecule has 2 aromatic rings. The number of nitrogens with one attached hydrogen (secondary N) is 1. The number of rotatable bonds is 6. The van der Waals surface area contributed by atoms with Crippen molar-refractivity contribution >= 4 is 27.0 Å². The van der Waals surface area contributed by atoms with Crippen molar-refractivity contribution in [2.24, 2.45) is 0 Å². The summed E-state index contributed by atoms with van der Waals surface area (Å²) in [4.78, 5) is 1.36. The highest BCUT2D eigenvalue weighted by atomic mass is 32.2. The second-order valence-electron chi connectivity index (χ2n) is 4.26. The Hall–Kier alpha value is -1.37. The van der Waals surface area contributed by atoms with Crippen molar-refractivity contribution in [3.63, 3.8) is 0 Å². The fraction of sp³-hybridized carbons (Fsp3) is 0.286. The predicted octanol–water partition coefficient (Wildman–Crippen LogP) is 3.00. The summed E-state index contributed by atoms with van der Waals surface area (Å²) < 4.78 is 27.0. The number of hydrogen-bond acceptors (Lipinski definition) is 4. The molecule has 0 radical (unpaired) electrons. The maximum atomic E-state index is 12.8. The topological polar surface area (TPSA) is 49.4 Å². The van der Waals surface area contributed by atoms with Crippen molar-refractivity contribution < 1.29 is 8.42 Å². The van der Waals surface area contributed by atoms with E-state index in [1.165, 1.54) is 4.31 Å². The Balaban J connectivity index is 2.36. The van der Waals surface area contributed by atoms with E-state index in [2.05, 4.69) is 5.32 Å². The molecule has 0 unspecified atom stereocenters. The van der Waals surface area contributed by atoms with Gasteiger partial charge in [-0.3, -0.25) is 0 Å². The first-order valence-corrected chi connectivity index (χ1v) is 8.71. The van der Waals surface area contributed by atoms with Gasteiger partial charge in [0.2, 0.25) is 10.0 Å². The number of anilines is 1. The fourth-order valence-electron chi connectivity index (χ4n) is 1.98. The van der Waals surface area contributed by atoms with E-state index in [-0.39, 0.29) is 0 Å². The largest absolute Gasteiger partial charge is 0.387 e. The van der Waals surface area contributed by atoms with Crippen molar-refractivity contribution in [2.45, 2.75) is 18.4 Å². The van der Waals surface area contributed by atoms with Gasteiger partial charge >= 0.3 is 0 Å². The van der Waals surface area contributed by atoms with Crippen molar-refractivity contribution in [1.82, 2.24) is 4.31 Å². The summed E-state index contributed by atoms with van der Waals surface area (Å²) in [5, 5.41) is 4.89. The third-order valence-corrected chi connectivity index (χ3v) is 5.88. The molecule has 0 spiro atoms. The van der Waals surface area contributed by atoms with E-state index in [0.717, 1.165) is 4.88 Å². The summed E-state index contributed by atoms with van der Waals surface area (Å²) in [5.41, 5.74) is 0.622. The first kappa shape index (κ1) is 15.0. The van der Waals surface area contributed by atoms with E-state index in [9.17, 15) is 8.42 Å². The van der Waals surface area contributed by atoms with Crippen LogP contribution in [0.25, 0.3) is 0 Å². The van der Waals surface area contributed by atoms with Crippen LogP contribution in [0.2, 0.25) is 0 Å². The molecule has 0 saturated carbocycles. The highest BCUT2D eigenvalue weighted by Gasteiger charge is 2.25. The van der Waals surface area contributed by atoms with Crippen molar-refractivity contribution in [3.8, 4) is 0 Å². The zero-order chi connectivity index (χ0) is 14.6. The van der Waals surface area contributed by atoms with Crippen LogP contribution in [0.4, 0.5) is 5.69 Å². The van der Waals surface area contributed by atoms with Crippen LogP contribution in [0, 0.1) is 0 Å². The molecule has 0 atom stereocenters. The average Bonchev–Trinajstić information content (AvgIpc) is 2.97. The van der Waals surface area contributed by atoms with Crippen LogP contribution in [0.5, 0.6) is 0 Å². The van der Waals surface area contributed by atoms with E-state index >= 15 is 0 Å². The minimum atomic E-state index is -3.49. The number of sulfonamides is 1. The zero-order valence-corrected chi connectivity index (χ0v) is 13.2. The summed E-state index contributed by atoms with van der Waals surface area (Å²) in [5.74, 6) is 0. The fourth-order valence-corrected chi connectivity index (χ4v) is 4.41. The van der Waals surface area contributed by atoms with Gasteiger partial charge in [0, 0.05) is 25.0 Å². The Labute approximate surface area is 124 Å². The molecule has 0 bridgehead atoms. The van der Waals surface area contributed by atoms with Crippen molar-refractivity contribution in [3.05, 3.63) is 46.7 Å². The van der Waals surface area contributed by atoms with Crippen LogP contribution in [-0.4, -0.2) is 26.3 Å². The molecule has 0 aliphatic heterocycles. The van der Waals surface area contributed by atoms with Crippen LogP contribution in [0.3, 0.4) is 0 Å². The standard InChI is InChI=1S/C14H18N2O2S2/c1-3-16(11-12-7-6-10-19-12)20(17,18)14-9-5-4-8-13(14)15-2/h4-10,15H,3,11H2,1-2H3. The number of benzene rings is 1. The Morgan fingerprint density at radius 3 is 2.55 bits per heavy atom. The molecular formula is C14H18N2O2S2. The quantitative estimate of drug-likeness (QED) is 0.892. The number of nitrogens with zero attached hydrogens (tertiary/aromatic N) is 1. The lowest BCUT2D eigenvalue weighted by Crippen LogP contribution is -2.30. The first-order valence-electron chi connectivity index (χ1n) is 6.39. The van der Waals surface area contributed by atoms with Crippen LogP contribution >= 0.6 is 11.3 Å². The van der Waals surface area contributed by atoms with Gasteiger partial charge in [-0.05, 0) is 23.6 Å². The number of para-hydroxylation sites is 1. The van der Waals surface area contributed by atoms with Gasteiger partial charge in [0.05, 0.1) is 5.69 Å². The van der Waals surface area contributed by atoms with Gasteiger partial charge in [0.25, 0.3) is 0 Å². The molecule has 4 nitrogen and oxygen atoms in total. The lowest BCUT2D eigenvalue weighted by molar-refractivity contribution is 0.426. The predicted molar refractivity (Wildman–Crippen MR) is 83.6 cm³/mol. The molecule has 0 saturated heterocycles. The highest BCUT2D eigenvalue weighted by molar-refractivity contribution is 7.89. The van der Waals surface area contributed by atoms with Gasteiger partial charge in [-0.2, -0.15) is 4.31 Å². The van der Waals surface area contributed by atoms with E-state index in [1.807, 2.05) is 30.5 Å². The minimum Gasteiger partial charge on any atom is -0.387 e. The van der Waals surface area contributed by atoms with Crippen molar-refractivity contribution in [2.75, 3.05) is 18.9 Å². The molecule has 0 amide bonds. The molecule has 2 rings (SSSR count). The average molecular weight is 310 g/mol. The molecular weight excluding hydrogens is 292 g/mol. The maximum absolute atomic E-state index is 12.8. The van der Waals surface area contributed by atoms with Crippen LogP contribution in [0.1, 0.15) is 11.8 Å². The lowest BCUT2D eigenvalue weighted by Gasteiger charge is -2.21. The van der Waals surface area contributed by atoms with Gasteiger partial charge in [-0.25, -0.2) is 8.42 Å². The van der Waals surface area contributed by atoms with Gasteiger partial charge in [-0.1, -0.05) is 25.1 Å². The van der Waals surface area contributed by atoms with Gasteiger partial charge in [0.15, 0.2) is 0 Å². The highest BCUT2D eigenvalue weighted by Crippen LogP contribution is 2.25. The molecule has 6 heteroatoms. The third-order valence-electron chi connectivity index (χ3n) is 3.04. The van der Waals surface area contributed by atoms with E-state index in [1.54, 1.807) is 36.6 Å². The first-order chi connectivity index (χ1) is 9.59. The maximum Gasteiger partial charge on any atom is 0.245 e. The van der Waals surface area contributed by atoms with Crippen LogP contribution in [-0.2, 0) is 16.6 Å². The second kappa shape index (κ2) is 6.39. The molecule has 0 aliphatic carbocycles. The van der Waals surface area contributed by atoms with Gasteiger partial charge in [0.1, 0.15) is 4.90 Å². The molecule has 20 heavy (non-hydrogen) atoms. The molecule has 1 heterocycles. The molecule has 1 aromatic heterocycles. The van der Waals surface area contributed by atoms with E-state index < -0.39 is 10.0 Å². The summed E-state index contributed by atoms with van der Waals surface area (Å²) in [7, 11) is -1.77. The number of hydrogen-bond donors (Lipinski definition) is 1. The zero-order valence-electron chi connectivity index (χ0n) is 11.5. The van der Waals surface area contributed by atoms with Crippen molar-refractivity contribution in [1.29, 1.82) is 0 Å². The summed E-state index contributed by atoms with van der Waals surface area (Å²) in [6.45, 7) is 2.71. The summed E-state index contributed by atoms with van der Waals surface area (Å²) >= 11 is 1.57. The van der Waals surface area contributed by atoms with Gasteiger partial charge < -0.3 is 5.32 Å². The minimum absolute atomic E-state index is 0.320. The Bertz CT molecular complexity index is 652. The van der Waals surface area contributed by atoms with E-state index in [4.69, 9.17) is 0 Å². The molecule has 0 fully saturated rings. The molecule has 108 valence electrons. The van der Waals surface area contributed by atoms with Crippen LogP contribution in [0.15, 0.2) is 46.7 Å². The SMILES string of the molecule is CCN(Cc1cccs1)S(=O)(=O)c1ccccc1NC. The third kappa shape index (κ3) is 3.03. The summed E-state index contributed by atoms with van der Waals surface area (Å²) in [6, 6.07) is 10.9. The second-order valence-corrected chi connectivity index (χ2v) is 7.20. The van der Waals surface area contributed by atoms with Crippen LogP contribution < -0.4 is 5.32 Å². The molecule has 0 aliphatic rings. The lowest BCUT2D eigenvalue weighted by atomic mass is 10.3. The molecule has 1 N–H and O–H groups in total. The normalized spacial score (nSPS) is 11.8. The molecule has 1 aromatic carbocycles. The summed E-state index contributed by atoms with van der Waals surface area (Å²) in [6.07, 6.45) is 0. The van der Waals surface area contributed by atoms with E-state index in [0.29, 0.717) is 23.7 Å². The van der Waals surface area contributed by atoms with Gasteiger partial charge in [-0.15, -0.1) is 11.3 Å². The smallest absolute Gasteiger partial charge is 0.245 e.